The molecule has 32 heavy (non-hydrogen) atoms. The molecule has 3 nitrogen and oxygen atoms in total. The Morgan fingerprint density at radius 1 is 1.16 bits per heavy atom. The SMILES string of the molecule is CCOC1CC(c2ccccc2)OC(CCI)(CCCC(=O)c2ccccc2C(F)F)C1. The number of Topliss-reactive ketones (excluding diaryl/α,β-unsaturated/α-hetero) is 1. The standard InChI is InChI=1S/C26H31F2IO3/c1-2-31-20-17-24(19-9-4-3-5-10-19)32-26(18-20,15-16-29)14-8-13-23(30)21-11-6-7-12-22(21)25(27)28/h3-7,9-12,20,24-25H,2,8,13-18H2,1H3. The van der Waals surface area contributed by atoms with Gasteiger partial charge in [0.1, 0.15) is 0 Å². The van der Waals surface area contributed by atoms with Crippen LogP contribution in [0, 0.1) is 0 Å². The number of carbonyl (C=O) groups excluding carboxylic acids is 1. The highest BCUT2D eigenvalue weighted by Gasteiger charge is 2.41. The maximum atomic E-state index is 13.3. The molecule has 3 rings (SSSR count). The van der Waals surface area contributed by atoms with Crippen LogP contribution in [0.4, 0.5) is 8.78 Å². The Morgan fingerprint density at radius 2 is 1.88 bits per heavy atom. The van der Waals surface area contributed by atoms with E-state index in [4.69, 9.17) is 9.47 Å². The Hall–Kier alpha value is -1.38. The summed E-state index contributed by atoms with van der Waals surface area (Å²) in [5.41, 5.74) is 0.692. The molecule has 1 fully saturated rings. The molecular formula is C26H31F2IO3. The van der Waals surface area contributed by atoms with Crippen LogP contribution in [0.25, 0.3) is 0 Å². The van der Waals surface area contributed by atoms with Crippen LogP contribution < -0.4 is 0 Å². The number of carbonyl (C=O) groups is 1. The van der Waals surface area contributed by atoms with Gasteiger partial charge < -0.3 is 9.47 Å². The molecule has 3 atom stereocenters. The van der Waals surface area contributed by atoms with Gasteiger partial charge in [-0.05, 0) is 31.7 Å². The van der Waals surface area contributed by atoms with Gasteiger partial charge in [-0.2, -0.15) is 0 Å². The van der Waals surface area contributed by atoms with Crippen LogP contribution in [0.2, 0.25) is 0 Å². The van der Waals surface area contributed by atoms with E-state index in [-0.39, 0.29) is 41.1 Å². The Morgan fingerprint density at radius 3 is 2.56 bits per heavy atom. The van der Waals surface area contributed by atoms with Gasteiger partial charge in [0.25, 0.3) is 6.43 Å². The molecule has 3 unspecified atom stereocenters. The molecule has 0 N–H and O–H groups in total. The van der Waals surface area contributed by atoms with Crippen molar-refractivity contribution in [1.82, 2.24) is 0 Å². The topological polar surface area (TPSA) is 35.5 Å². The molecule has 174 valence electrons. The quantitative estimate of drug-likeness (QED) is 0.163. The highest BCUT2D eigenvalue weighted by molar-refractivity contribution is 14.1. The molecule has 0 spiro atoms. The van der Waals surface area contributed by atoms with Gasteiger partial charge in [-0.1, -0.05) is 77.2 Å². The molecule has 1 aliphatic heterocycles. The van der Waals surface area contributed by atoms with E-state index in [0.717, 1.165) is 29.3 Å². The molecule has 1 heterocycles. The monoisotopic (exact) mass is 556 g/mol. The summed E-state index contributed by atoms with van der Waals surface area (Å²) in [5, 5.41) is 0. The fraction of sp³-hybridized carbons (Fsp3) is 0.500. The minimum atomic E-state index is -2.65. The van der Waals surface area contributed by atoms with Crippen molar-refractivity contribution < 1.29 is 23.0 Å². The molecule has 1 aliphatic rings. The smallest absolute Gasteiger partial charge is 0.264 e. The Labute approximate surface area is 203 Å². The van der Waals surface area contributed by atoms with Crippen molar-refractivity contribution in [3.63, 3.8) is 0 Å². The van der Waals surface area contributed by atoms with Crippen LogP contribution in [0.3, 0.4) is 0 Å². The van der Waals surface area contributed by atoms with Crippen molar-refractivity contribution in [2.75, 3.05) is 11.0 Å². The number of halogens is 3. The molecular weight excluding hydrogens is 525 g/mol. The molecule has 6 heteroatoms. The summed E-state index contributed by atoms with van der Waals surface area (Å²) < 4.78 is 40.3. The molecule has 0 aliphatic carbocycles. The van der Waals surface area contributed by atoms with Crippen molar-refractivity contribution in [2.45, 2.75) is 69.7 Å². The Kier molecular flexibility index (Phi) is 9.61. The second-order valence-corrected chi connectivity index (χ2v) is 9.40. The minimum absolute atomic E-state index is 0.0558. The third-order valence-corrected chi connectivity index (χ3v) is 6.66. The van der Waals surface area contributed by atoms with E-state index in [1.165, 1.54) is 12.1 Å². The molecule has 2 aromatic carbocycles. The van der Waals surface area contributed by atoms with Gasteiger partial charge in [-0.3, -0.25) is 4.79 Å². The fourth-order valence-corrected chi connectivity index (χ4v) is 5.62. The normalized spacial score (nSPS) is 23.4. The number of rotatable bonds is 11. The summed E-state index contributed by atoms with van der Waals surface area (Å²) in [6, 6.07) is 16.2. The summed E-state index contributed by atoms with van der Waals surface area (Å²) in [6.45, 7) is 2.65. The van der Waals surface area contributed by atoms with E-state index in [1.54, 1.807) is 12.1 Å². The fourth-order valence-electron chi connectivity index (χ4n) is 4.64. The Balaban J connectivity index is 1.72. The van der Waals surface area contributed by atoms with Gasteiger partial charge in [0.15, 0.2) is 5.78 Å². The predicted molar refractivity (Wildman–Crippen MR) is 131 cm³/mol. The van der Waals surface area contributed by atoms with Crippen LogP contribution in [0.15, 0.2) is 54.6 Å². The second-order valence-electron chi connectivity index (χ2n) is 8.32. The van der Waals surface area contributed by atoms with Crippen molar-refractivity contribution >= 4 is 28.4 Å². The van der Waals surface area contributed by atoms with E-state index in [2.05, 4.69) is 34.7 Å². The van der Waals surface area contributed by atoms with Crippen molar-refractivity contribution in [3.05, 3.63) is 71.3 Å². The van der Waals surface area contributed by atoms with E-state index in [0.29, 0.717) is 19.4 Å². The van der Waals surface area contributed by atoms with Crippen LogP contribution in [0.1, 0.15) is 79.5 Å². The van der Waals surface area contributed by atoms with E-state index >= 15 is 0 Å². The van der Waals surface area contributed by atoms with Crippen molar-refractivity contribution in [1.29, 1.82) is 0 Å². The van der Waals surface area contributed by atoms with E-state index in [1.807, 2.05) is 25.1 Å². The molecule has 0 aromatic heterocycles. The van der Waals surface area contributed by atoms with Crippen LogP contribution in [-0.2, 0) is 9.47 Å². The summed E-state index contributed by atoms with van der Waals surface area (Å²) in [4.78, 5) is 12.7. The highest BCUT2D eigenvalue weighted by Crippen LogP contribution is 2.43. The third kappa shape index (κ3) is 6.58. The number of hydrogen-bond acceptors (Lipinski definition) is 3. The number of benzene rings is 2. The number of ether oxygens (including phenoxy) is 2. The van der Waals surface area contributed by atoms with Crippen LogP contribution in [-0.4, -0.2) is 28.5 Å². The zero-order valence-electron chi connectivity index (χ0n) is 18.4. The summed E-state index contributed by atoms with van der Waals surface area (Å²) >= 11 is 2.36. The molecule has 0 radical (unpaired) electrons. The van der Waals surface area contributed by atoms with Crippen LogP contribution >= 0.6 is 22.6 Å². The number of hydrogen-bond donors (Lipinski definition) is 0. The maximum Gasteiger partial charge on any atom is 0.264 e. The lowest BCUT2D eigenvalue weighted by Gasteiger charge is -2.45. The van der Waals surface area contributed by atoms with Gasteiger partial charge in [0, 0.05) is 41.4 Å². The first-order chi connectivity index (χ1) is 15.5. The lowest BCUT2D eigenvalue weighted by atomic mass is 9.81. The second kappa shape index (κ2) is 12.2. The van der Waals surface area contributed by atoms with Gasteiger partial charge in [-0.15, -0.1) is 0 Å². The average molecular weight is 556 g/mol. The zero-order valence-corrected chi connectivity index (χ0v) is 20.6. The summed E-state index contributed by atoms with van der Waals surface area (Å²) in [6.07, 6.45) is 1.36. The van der Waals surface area contributed by atoms with E-state index in [9.17, 15) is 13.6 Å². The third-order valence-electron chi connectivity index (χ3n) is 6.13. The van der Waals surface area contributed by atoms with Crippen molar-refractivity contribution in [3.8, 4) is 0 Å². The number of ketones is 1. The Bertz CT molecular complexity index is 861. The predicted octanol–water partition coefficient (Wildman–Crippen LogP) is 7.50. The largest absolute Gasteiger partial charge is 0.378 e. The van der Waals surface area contributed by atoms with Crippen molar-refractivity contribution in [2.24, 2.45) is 0 Å². The molecule has 0 amide bonds. The summed E-state index contributed by atoms with van der Waals surface area (Å²) in [5.74, 6) is -0.234. The first-order valence-corrected chi connectivity index (χ1v) is 12.8. The van der Waals surface area contributed by atoms with Gasteiger partial charge >= 0.3 is 0 Å². The lowest BCUT2D eigenvalue weighted by Crippen LogP contribution is -2.44. The first kappa shape index (κ1) is 25.2. The molecule has 2 aromatic rings. The molecule has 0 saturated carbocycles. The minimum Gasteiger partial charge on any atom is -0.378 e. The zero-order chi connectivity index (χ0) is 23.0. The van der Waals surface area contributed by atoms with Gasteiger partial charge in [-0.25, -0.2) is 8.78 Å². The number of alkyl halides is 3. The molecule has 0 bridgehead atoms. The van der Waals surface area contributed by atoms with Gasteiger partial charge in [0.2, 0.25) is 0 Å². The first-order valence-electron chi connectivity index (χ1n) is 11.3. The maximum absolute atomic E-state index is 13.3. The summed E-state index contributed by atoms with van der Waals surface area (Å²) in [7, 11) is 0. The van der Waals surface area contributed by atoms with E-state index < -0.39 is 6.43 Å². The highest BCUT2D eigenvalue weighted by atomic mass is 127. The molecule has 1 saturated heterocycles. The average Bonchev–Trinajstić information content (AvgIpc) is 2.80. The van der Waals surface area contributed by atoms with Crippen LogP contribution in [0.5, 0.6) is 0 Å². The lowest BCUT2D eigenvalue weighted by molar-refractivity contribution is -0.179. The van der Waals surface area contributed by atoms with Gasteiger partial charge in [0.05, 0.1) is 17.8 Å².